The van der Waals surface area contributed by atoms with Crippen LogP contribution in [0.15, 0.2) is 54.6 Å². The van der Waals surface area contributed by atoms with Crippen molar-refractivity contribution in [3.05, 3.63) is 60.2 Å². The van der Waals surface area contributed by atoms with Gasteiger partial charge in [-0.1, -0.05) is 37.8 Å². The van der Waals surface area contributed by atoms with Gasteiger partial charge in [-0.25, -0.2) is 4.79 Å². The summed E-state index contributed by atoms with van der Waals surface area (Å²) in [4.78, 5) is 12.3. The van der Waals surface area contributed by atoms with Crippen molar-refractivity contribution in [1.29, 1.82) is 0 Å². The maximum absolute atomic E-state index is 12.3. The highest BCUT2D eigenvalue weighted by atomic mass is 28.3. The molecule has 1 aliphatic heterocycles. The lowest BCUT2D eigenvalue weighted by atomic mass is 10.0. The molecule has 2 aromatic carbocycles. The number of carbonyl (C=O) groups is 1. The van der Waals surface area contributed by atoms with Crippen LogP contribution in [0.25, 0.3) is 0 Å². The van der Waals surface area contributed by atoms with Crippen LogP contribution in [0.1, 0.15) is 23.7 Å². The summed E-state index contributed by atoms with van der Waals surface area (Å²) in [5.74, 6) is 0.779. The molecule has 8 heteroatoms. The molecule has 0 unspecified atom stereocenters. The van der Waals surface area contributed by atoms with Gasteiger partial charge in [0.25, 0.3) is 0 Å². The molecule has 1 aliphatic rings. The Morgan fingerprint density at radius 1 is 1.06 bits per heavy atom. The molecule has 2 aromatic rings. The molecule has 0 saturated carbocycles. The Morgan fingerprint density at radius 3 is 2.36 bits per heavy atom. The van der Waals surface area contributed by atoms with E-state index in [0.717, 1.165) is 6.04 Å². The van der Waals surface area contributed by atoms with Gasteiger partial charge in [0.05, 0.1) is 17.8 Å². The lowest BCUT2D eigenvalue weighted by Gasteiger charge is -2.37. The monoisotopic (exact) mass is 474 g/mol. The smallest absolute Gasteiger partial charge is 0.338 e. The van der Waals surface area contributed by atoms with E-state index in [0.29, 0.717) is 23.7 Å². The van der Waals surface area contributed by atoms with Crippen LogP contribution < -0.4 is 9.47 Å². The fraction of sp³-hybridized carbons (Fsp3) is 0.480. The van der Waals surface area contributed by atoms with Crippen LogP contribution in [0.5, 0.6) is 11.5 Å². The first-order valence-electron chi connectivity index (χ1n) is 11.3. The first-order chi connectivity index (χ1) is 15.7. The van der Waals surface area contributed by atoms with E-state index in [1.165, 1.54) is 0 Å². The van der Waals surface area contributed by atoms with Gasteiger partial charge in [-0.05, 0) is 49.4 Å². The Balaban J connectivity index is 1.44. The van der Waals surface area contributed by atoms with Gasteiger partial charge < -0.3 is 28.8 Å². The average Bonchev–Trinajstić information content (AvgIpc) is 2.77. The summed E-state index contributed by atoms with van der Waals surface area (Å²) in [6, 6.07) is 16.9. The molecule has 3 rings (SSSR count). The third-order valence-corrected chi connectivity index (χ3v) is 7.00. The second-order valence-corrected chi connectivity index (χ2v) is 15.0. The van der Waals surface area contributed by atoms with E-state index in [-0.39, 0.29) is 13.2 Å². The van der Waals surface area contributed by atoms with Crippen molar-refractivity contribution in [2.45, 2.75) is 63.6 Å². The molecule has 0 aromatic heterocycles. The van der Waals surface area contributed by atoms with E-state index in [1.54, 1.807) is 55.5 Å². The zero-order valence-corrected chi connectivity index (χ0v) is 20.7. The van der Waals surface area contributed by atoms with Crippen LogP contribution in [-0.2, 0) is 14.2 Å². The number of aliphatic hydroxyl groups excluding tert-OH is 1. The maximum atomic E-state index is 12.3. The van der Waals surface area contributed by atoms with E-state index in [1.807, 2.05) is 6.07 Å². The van der Waals surface area contributed by atoms with Gasteiger partial charge in [0.2, 0.25) is 6.29 Å². The number of ether oxygens (including phenoxy) is 5. The summed E-state index contributed by atoms with van der Waals surface area (Å²) >= 11 is 0. The van der Waals surface area contributed by atoms with Crippen LogP contribution in [0.4, 0.5) is 0 Å². The Hall–Kier alpha value is -2.39. The van der Waals surface area contributed by atoms with Gasteiger partial charge >= 0.3 is 5.97 Å². The lowest BCUT2D eigenvalue weighted by molar-refractivity contribution is -0.216. The second kappa shape index (κ2) is 11.6. The summed E-state index contributed by atoms with van der Waals surface area (Å²) in [6.07, 6.45) is -2.67. The van der Waals surface area contributed by atoms with Crippen molar-refractivity contribution >= 4 is 14.0 Å². The third kappa shape index (κ3) is 8.15. The molecule has 180 valence electrons. The number of aliphatic hydroxyl groups is 1. The van der Waals surface area contributed by atoms with E-state index in [9.17, 15) is 9.90 Å². The van der Waals surface area contributed by atoms with E-state index < -0.39 is 38.6 Å². The minimum atomic E-state index is -1.10. The number of esters is 1. The van der Waals surface area contributed by atoms with Gasteiger partial charge in [0.1, 0.15) is 11.5 Å². The highest BCUT2D eigenvalue weighted by molar-refractivity contribution is 6.76. The molecule has 0 spiro atoms. The molecule has 0 aliphatic carbocycles. The fourth-order valence-corrected chi connectivity index (χ4v) is 4.10. The molecule has 0 radical (unpaired) electrons. The fourth-order valence-electron chi connectivity index (χ4n) is 3.35. The zero-order chi connectivity index (χ0) is 23.8. The Labute approximate surface area is 196 Å². The minimum absolute atomic E-state index is 0.181. The molecule has 1 saturated heterocycles. The van der Waals surface area contributed by atoms with E-state index in [2.05, 4.69) is 19.6 Å². The summed E-state index contributed by atoms with van der Waals surface area (Å²) in [6.45, 7) is 9.59. The highest BCUT2D eigenvalue weighted by Gasteiger charge is 2.39. The predicted octanol–water partition coefficient (Wildman–Crippen LogP) is 4.48. The summed E-state index contributed by atoms with van der Waals surface area (Å²) in [7, 11) is -1.10. The largest absolute Gasteiger partial charge is 0.468 e. The summed E-state index contributed by atoms with van der Waals surface area (Å²) in [5.41, 5.74) is 0.430. The first kappa shape index (κ1) is 25.2. The third-order valence-electron chi connectivity index (χ3n) is 5.29. The van der Waals surface area contributed by atoms with Gasteiger partial charge in [0, 0.05) is 21.1 Å². The second-order valence-electron chi connectivity index (χ2n) is 9.38. The quantitative estimate of drug-likeness (QED) is 0.235. The van der Waals surface area contributed by atoms with Crippen LogP contribution in [-0.4, -0.2) is 57.2 Å². The SMILES string of the molecule is C[C@H]1O[C@@H](Oc2ccc(OCOCC[Si](C)(C)C)cc2)C[C@@H](O)[C@@H]1OC(=O)c1ccccc1. The summed E-state index contributed by atoms with van der Waals surface area (Å²) < 4.78 is 28.4. The molecule has 7 nitrogen and oxygen atoms in total. The molecular formula is C25H34O7Si. The van der Waals surface area contributed by atoms with Crippen LogP contribution in [0, 0.1) is 0 Å². The Bertz CT molecular complexity index is 855. The van der Waals surface area contributed by atoms with Gasteiger partial charge in [0.15, 0.2) is 12.9 Å². The number of benzene rings is 2. The molecular weight excluding hydrogens is 440 g/mol. The standard InChI is InChI=1S/C25H34O7Si/c1-18-24(32-25(27)19-8-6-5-7-9-19)22(26)16-23(30-18)31-21-12-10-20(11-13-21)29-17-28-14-15-33(2,3)4/h5-13,18,22-24,26H,14-17H2,1-4H3/t18-,22-,23+,24-/m1/s1. The molecule has 4 atom stereocenters. The molecule has 1 fully saturated rings. The van der Waals surface area contributed by atoms with Gasteiger partial charge in [-0.15, -0.1) is 0 Å². The molecule has 1 N–H and O–H groups in total. The number of hydrogen-bond acceptors (Lipinski definition) is 7. The normalized spacial score (nSPS) is 23.1. The minimum Gasteiger partial charge on any atom is -0.468 e. The molecule has 1 heterocycles. The predicted molar refractivity (Wildman–Crippen MR) is 127 cm³/mol. The molecule has 33 heavy (non-hydrogen) atoms. The van der Waals surface area contributed by atoms with E-state index in [4.69, 9.17) is 23.7 Å². The molecule has 0 bridgehead atoms. The number of hydrogen-bond donors (Lipinski definition) is 1. The maximum Gasteiger partial charge on any atom is 0.338 e. The van der Waals surface area contributed by atoms with Crippen molar-refractivity contribution in [2.75, 3.05) is 13.4 Å². The Kier molecular flexibility index (Phi) is 8.91. The average molecular weight is 475 g/mol. The first-order valence-corrected chi connectivity index (χ1v) is 15.0. The van der Waals surface area contributed by atoms with Gasteiger partial charge in [-0.2, -0.15) is 0 Å². The van der Waals surface area contributed by atoms with Crippen molar-refractivity contribution < 1.29 is 33.6 Å². The zero-order valence-electron chi connectivity index (χ0n) is 19.7. The van der Waals surface area contributed by atoms with Crippen LogP contribution >= 0.6 is 0 Å². The summed E-state index contributed by atoms with van der Waals surface area (Å²) in [5, 5.41) is 10.6. The number of carbonyl (C=O) groups excluding carboxylic acids is 1. The van der Waals surface area contributed by atoms with Crippen molar-refractivity contribution in [3.63, 3.8) is 0 Å². The van der Waals surface area contributed by atoms with Gasteiger partial charge in [-0.3, -0.25) is 0 Å². The van der Waals surface area contributed by atoms with Crippen molar-refractivity contribution in [3.8, 4) is 11.5 Å². The van der Waals surface area contributed by atoms with Crippen LogP contribution in [0.3, 0.4) is 0 Å². The molecule has 0 amide bonds. The van der Waals surface area contributed by atoms with Crippen LogP contribution in [0.2, 0.25) is 25.7 Å². The van der Waals surface area contributed by atoms with Crippen molar-refractivity contribution in [1.82, 2.24) is 0 Å². The Morgan fingerprint density at radius 2 is 1.73 bits per heavy atom. The van der Waals surface area contributed by atoms with E-state index >= 15 is 0 Å². The van der Waals surface area contributed by atoms with Crippen molar-refractivity contribution in [2.24, 2.45) is 0 Å². The lowest BCUT2D eigenvalue weighted by Crippen LogP contribution is -2.50. The number of rotatable bonds is 10. The topological polar surface area (TPSA) is 83.5 Å². The highest BCUT2D eigenvalue weighted by Crippen LogP contribution is 2.27.